The van der Waals surface area contributed by atoms with Crippen LogP contribution in [0.1, 0.15) is 43.6 Å². The molecule has 0 saturated heterocycles. The summed E-state index contributed by atoms with van der Waals surface area (Å²) in [4.78, 5) is 44.1. The SMILES string of the molecule is CC(C)CCC(CC(=O)NCc1cccs1)C(=O)[C@@H](O)C(Cc1ccccc1)NC(=O)CSc1ncn[nH]1. The number of nitrogens with zero attached hydrogens (tertiary/aromatic N) is 2. The number of aliphatic hydroxyl groups is 1. The number of amides is 2. The van der Waals surface area contributed by atoms with E-state index in [2.05, 4.69) is 39.7 Å². The minimum Gasteiger partial charge on any atom is -0.383 e. The molecule has 0 fully saturated rings. The van der Waals surface area contributed by atoms with Crippen molar-refractivity contribution in [3.05, 3.63) is 64.6 Å². The molecule has 0 saturated carbocycles. The number of aliphatic hydroxyl groups excluding tert-OH is 1. The number of hydrogen-bond acceptors (Lipinski definition) is 8. The van der Waals surface area contributed by atoms with Crippen LogP contribution in [-0.4, -0.2) is 55.8 Å². The molecule has 2 amide bonds. The molecule has 3 atom stereocenters. The summed E-state index contributed by atoms with van der Waals surface area (Å²) in [5, 5.41) is 25.8. The van der Waals surface area contributed by atoms with Crippen LogP contribution in [-0.2, 0) is 27.3 Å². The van der Waals surface area contributed by atoms with Crippen LogP contribution in [0.25, 0.3) is 0 Å². The molecule has 3 aromatic rings. The van der Waals surface area contributed by atoms with Gasteiger partial charge in [-0.15, -0.1) is 11.3 Å². The molecule has 0 bridgehead atoms. The lowest BCUT2D eigenvalue weighted by atomic mass is 9.85. The predicted octanol–water partition coefficient (Wildman–Crippen LogP) is 3.37. The van der Waals surface area contributed by atoms with Crippen molar-refractivity contribution >= 4 is 40.7 Å². The van der Waals surface area contributed by atoms with Crippen LogP contribution in [0.2, 0.25) is 0 Å². The minimum absolute atomic E-state index is 0.0126. The van der Waals surface area contributed by atoms with E-state index in [-0.39, 0.29) is 30.4 Å². The van der Waals surface area contributed by atoms with Crippen LogP contribution < -0.4 is 10.6 Å². The minimum atomic E-state index is -1.46. The number of rotatable bonds is 16. The largest absolute Gasteiger partial charge is 0.383 e. The molecule has 4 N–H and O–H groups in total. The van der Waals surface area contributed by atoms with Gasteiger partial charge in [0, 0.05) is 17.2 Å². The lowest BCUT2D eigenvalue weighted by Gasteiger charge is -2.27. The Bertz CT molecular complexity index is 1120. The van der Waals surface area contributed by atoms with E-state index in [0.717, 1.165) is 16.9 Å². The van der Waals surface area contributed by atoms with Gasteiger partial charge in [-0.25, -0.2) is 4.98 Å². The number of aromatic nitrogens is 3. The van der Waals surface area contributed by atoms with E-state index >= 15 is 0 Å². The zero-order chi connectivity index (χ0) is 27.3. The highest BCUT2D eigenvalue weighted by molar-refractivity contribution is 7.99. The van der Waals surface area contributed by atoms with Gasteiger partial charge in [-0.3, -0.25) is 19.5 Å². The molecule has 2 unspecified atom stereocenters. The summed E-state index contributed by atoms with van der Waals surface area (Å²) in [5.41, 5.74) is 0.875. The normalized spacial score (nSPS) is 13.6. The van der Waals surface area contributed by atoms with E-state index in [1.807, 2.05) is 47.8 Å². The monoisotopic (exact) mass is 557 g/mol. The molecule has 11 heteroatoms. The Balaban J connectivity index is 1.69. The van der Waals surface area contributed by atoms with E-state index in [1.54, 1.807) is 11.3 Å². The Morgan fingerprint density at radius 3 is 2.53 bits per heavy atom. The molecule has 0 aliphatic carbocycles. The van der Waals surface area contributed by atoms with Crippen molar-refractivity contribution in [3.8, 4) is 0 Å². The first kappa shape index (κ1) is 29.5. The fourth-order valence-electron chi connectivity index (χ4n) is 3.97. The highest BCUT2D eigenvalue weighted by Gasteiger charge is 2.34. The number of ketones is 1. The van der Waals surface area contributed by atoms with Gasteiger partial charge in [-0.05, 0) is 35.8 Å². The summed E-state index contributed by atoms with van der Waals surface area (Å²) in [6.07, 6.45) is 1.37. The third-order valence-electron chi connectivity index (χ3n) is 6.02. The first-order chi connectivity index (χ1) is 18.3. The lowest BCUT2D eigenvalue weighted by molar-refractivity contribution is -0.137. The van der Waals surface area contributed by atoms with Crippen LogP contribution in [0.3, 0.4) is 0 Å². The van der Waals surface area contributed by atoms with Crippen LogP contribution in [0.4, 0.5) is 0 Å². The second-order valence-corrected chi connectivity index (χ2v) is 11.5. The van der Waals surface area contributed by atoms with Crippen molar-refractivity contribution < 1.29 is 19.5 Å². The van der Waals surface area contributed by atoms with Crippen LogP contribution in [0.5, 0.6) is 0 Å². The molecule has 9 nitrogen and oxygen atoms in total. The number of hydrogen-bond donors (Lipinski definition) is 4. The van der Waals surface area contributed by atoms with Crippen molar-refractivity contribution in [1.82, 2.24) is 25.8 Å². The van der Waals surface area contributed by atoms with E-state index in [4.69, 9.17) is 0 Å². The summed E-state index contributed by atoms with van der Waals surface area (Å²) in [6.45, 7) is 4.51. The Morgan fingerprint density at radius 2 is 1.87 bits per heavy atom. The summed E-state index contributed by atoms with van der Waals surface area (Å²) < 4.78 is 0. The Morgan fingerprint density at radius 1 is 1.08 bits per heavy atom. The smallest absolute Gasteiger partial charge is 0.230 e. The average molecular weight is 558 g/mol. The van der Waals surface area contributed by atoms with E-state index in [1.165, 1.54) is 18.1 Å². The number of nitrogens with one attached hydrogen (secondary N) is 3. The van der Waals surface area contributed by atoms with E-state index in [0.29, 0.717) is 24.0 Å². The predicted molar refractivity (Wildman–Crippen MR) is 149 cm³/mol. The van der Waals surface area contributed by atoms with Crippen LogP contribution in [0.15, 0.2) is 59.3 Å². The van der Waals surface area contributed by atoms with Crippen LogP contribution >= 0.6 is 23.1 Å². The molecule has 38 heavy (non-hydrogen) atoms. The Hall–Kier alpha value is -3.02. The number of thiophene rings is 1. The van der Waals surface area contributed by atoms with Gasteiger partial charge in [0.25, 0.3) is 0 Å². The van der Waals surface area contributed by atoms with E-state index < -0.39 is 23.8 Å². The maximum Gasteiger partial charge on any atom is 0.230 e. The third kappa shape index (κ3) is 10.0. The fraction of sp³-hybridized carbons (Fsp3) is 0.444. The summed E-state index contributed by atoms with van der Waals surface area (Å²) >= 11 is 2.72. The number of aromatic amines is 1. The quantitative estimate of drug-likeness (QED) is 0.198. The summed E-state index contributed by atoms with van der Waals surface area (Å²) in [7, 11) is 0. The molecule has 0 radical (unpaired) electrons. The first-order valence-electron chi connectivity index (χ1n) is 12.6. The van der Waals surface area contributed by atoms with Gasteiger partial charge in [0.05, 0.1) is 18.3 Å². The number of thioether (sulfide) groups is 1. The maximum atomic E-state index is 13.6. The molecule has 204 valence electrons. The Labute approximate surface area is 231 Å². The molecule has 2 aromatic heterocycles. The van der Waals surface area contributed by atoms with Gasteiger partial charge in [-0.1, -0.05) is 68.4 Å². The van der Waals surface area contributed by atoms with Gasteiger partial charge in [-0.2, -0.15) is 5.10 Å². The second-order valence-electron chi connectivity index (χ2n) is 9.52. The molecule has 0 spiro atoms. The molecular weight excluding hydrogens is 522 g/mol. The van der Waals surface area contributed by atoms with Crippen molar-refractivity contribution in [3.63, 3.8) is 0 Å². The molecule has 1 aromatic carbocycles. The van der Waals surface area contributed by atoms with Crippen molar-refractivity contribution in [2.45, 2.75) is 63.4 Å². The molecular formula is C27H35N5O4S2. The number of Topliss-reactive ketones (excluding diaryl/α,β-unsaturated/α-hetero) is 1. The van der Waals surface area contributed by atoms with Gasteiger partial charge in [0.15, 0.2) is 10.9 Å². The fourth-order valence-corrected chi connectivity index (χ4v) is 5.20. The molecule has 3 rings (SSSR count). The van der Waals surface area contributed by atoms with Gasteiger partial charge in [0.1, 0.15) is 12.4 Å². The number of benzene rings is 1. The van der Waals surface area contributed by atoms with Gasteiger partial charge >= 0.3 is 0 Å². The molecule has 2 heterocycles. The topological polar surface area (TPSA) is 137 Å². The second kappa shape index (κ2) is 15.4. The van der Waals surface area contributed by atoms with Crippen molar-refractivity contribution in [2.24, 2.45) is 11.8 Å². The summed E-state index contributed by atoms with van der Waals surface area (Å²) in [5.74, 6) is -1.28. The van der Waals surface area contributed by atoms with Gasteiger partial charge < -0.3 is 15.7 Å². The van der Waals surface area contributed by atoms with Gasteiger partial charge in [0.2, 0.25) is 11.8 Å². The third-order valence-corrected chi connectivity index (χ3v) is 7.77. The standard InChI is InChI=1S/C27H35N5O4S2/c1-18(2)10-11-20(14-23(33)28-15-21-9-6-12-37-21)25(35)26(36)22(13-19-7-4-3-5-8-19)31-24(34)16-38-27-29-17-30-32-27/h3-9,12,17-18,20,22,26,36H,10-11,13-16H2,1-2H3,(H,28,33)(H,31,34)(H,29,30,32)/t20?,22?,26-/m0/s1. The molecule has 0 aliphatic heterocycles. The zero-order valence-electron chi connectivity index (χ0n) is 21.6. The lowest BCUT2D eigenvalue weighted by Crippen LogP contribution is -2.50. The van der Waals surface area contributed by atoms with Crippen LogP contribution in [0, 0.1) is 11.8 Å². The highest BCUT2D eigenvalue weighted by atomic mass is 32.2. The summed E-state index contributed by atoms with van der Waals surface area (Å²) in [6, 6.07) is 12.4. The maximum absolute atomic E-state index is 13.6. The zero-order valence-corrected chi connectivity index (χ0v) is 23.3. The molecule has 0 aliphatic rings. The van der Waals surface area contributed by atoms with E-state index in [9.17, 15) is 19.5 Å². The first-order valence-corrected chi connectivity index (χ1v) is 14.5. The number of carbonyl (C=O) groups is 3. The number of carbonyl (C=O) groups excluding carboxylic acids is 3. The van der Waals surface area contributed by atoms with Crippen molar-refractivity contribution in [1.29, 1.82) is 0 Å². The number of H-pyrrole nitrogens is 1. The Kier molecular flexibility index (Phi) is 12.0. The highest BCUT2D eigenvalue weighted by Crippen LogP contribution is 2.21. The van der Waals surface area contributed by atoms with Crippen molar-refractivity contribution in [2.75, 3.05) is 5.75 Å². The average Bonchev–Trinajstić information content (AvgIpc) is 3.62.